The molecule has 4 heterocycles. The van der Waals surface area contributed by atoms with Crippen LogP contribution in [0.1, 0.15) is 34.1 Å². The van der Waals surface area contributed by atoms with Crippen molar-refractivity contribution in [2.75, 3.05) is 5.32 Å². The number of aromatic amines is 1. The van der Waals surface area contributed by atoms with Crippen molar-refractivity contribution in [1.82, 2.24) is 30.7 Å². The van der Waals surface area contributed by atoms with Crippen molar-refractivity contribution in [3.63, 3.8) is 0 Å². The molecule has 0 aromatic carbocycles. The zero-order valence-corrected chi connectivity index (χ0v) is 17.4. The van der Waals surface area contributed by atoms with E-state index in [2.05, 4.69) is 49.9 Å². The number of hydrogen-bond donors (Lipinski definition) is 4. The maximum atomic E-state index is 15.0. The molecule has 158 valence electrons. The highest BCUT2D eigenvalue weighted by Crippen LogP contribution is 2.33. The number of aromatic nitrogens is 5. The van der Waals surface area contributed by atoms with Crippen LogP contribution >= 0.6 is 0 Å². The lowest BCUT2D eigenvalue weighted by Gasteiger charge is -2.48. The van der Waals surface area contributed by atoms with Crippen LogP contribution in [0.5, 0.6) is 5.75 Å². The van der Waals surface area contributed by atoms with Crippen LogP contribution in [-0.2, 0) is 0 Å². The Bertz CT molecular complexity index is 1020. The minimum atomic E-state index is -1.09. The van der Waals surface area contributed by atoms with E-state index in [9.17, 15) is 9.50 Å². The van der Waals surface area contributed by atoms with Crippen LogP contribution < -0.4 is 10.6 Å². The van der Waals surface area contributed by atoms with E-state index >= 15 is 0 Å². The van der Waals surface area contributed by atoms with Crippen LogP contribution in [-0.4, -0.2) is 53.8 Å². The summed E-state index contributed by atoms with van der Waals surface area (Å²) in [6, 6.07) is 4.65. The van der Waals surface area contributed by atoms with Gasteiger partial charge in [-0.1, -0.05) is 0 Å². The van der Waals surface area contributed by atoms with Gasteiger partial charge in [-0.25, -0.2) is 9.37 Å². The van der Waals surface area contributed by atoms with Crippen LogP contribution in [0.25, 0.3) is 22.5 Å². The molecule has 0 saturated carbocycles. The van der Waals surface area contributed by atoms with Crippen molar-refractivity contribution in [2.45, 2.75) is 57.4 Å². The first-order valence-corrected chi connectivity index (χ1v) is 9.87. The molecule has 0 aliphatic carbocycles. The highest BCUT2D eigenvalue weighted by Gasteiger charge is 2.46. The summed E-state index contributed by atoms with van der Waals surface area (Å²) in [5, 5.41) is 31.9. The molecule has 8 nitrogen and oxygen atoms in total. The Morgan fingerprint density at radius 2 is 1.93 bits per heavy atom. The highest BCUT2D eigenvalue weighted by atomic mass is 19.1. The number of rotatable bonds is 4. The Labute approximate surface area is 174 Å². The van der Waals surface area contributed by atoms with Gasteiger partial charge in [0.25, 0.3) is 0 Å². The second-order valence-corrected chi connectivity index (χ2v) is 8.97. The maximum absolute atomic E-state index is 15.0. The summed E-state index contributed by atoms with van der Waals surface area (Å²) in [5.74, 6) is 0.476. The molecule has 4 rings (SSSR count). The van der Waals surface area contributed by atoms with Crippen LogP contribution in [0, 0.1) is 0 Å². The standard InChI is InChI=1S/C21H26FN7O/c1-20(2)8-15(19(22)21(3,4)29-20)26-17-6-5-14(27-28-17)18-16(30)7-12(9-23-18)13-10-24-25-11-13/h5-7,9-11,15,19,29-30H,8H2,1-4H3,(H,24,25)(H,26,28)/t15-,19+/m0/s1. The number of piperidine rings is 1. The summed E-state index contributed by atoms with van der Waals surface area (Å²) in [6.45, 7) is 7.85. The predicted octanol–water partition coefficient (Wildman–Crippen LogP) is 3.30. The summed E-state index contributed by atoms with van der Waals surface area (Å²) in [7, 11) is 0. The minimum Gasteiger partial charge on any atom is -0.506 e. The number of hydrogen-bond acceptors (Lipinski definition) is 7. The smallest absolute Gasteiger partial charge is 0.149 e. The van der Waals surface area contributed by atoms with Crippen molar-refractivity contribution in [2.24, 2.45) is 0 Å². The third-order valence-electron chi connectivity index (χ3n) is 5.37. The average molecular weight is 411 g/mol. The largest absolute Gasteiger partial charge is 0.506 e. The van der Waals surface area contributed by atoms with E-state index in [0.29, 0.717) is 23.6 Å². The predicted molar refractivity (Wildman–Crippen MR) is 113 cm³/mol. The number of nitrogens with zero attached hydrogens (tertiary/aromatic N) is 4. The summed E-state index contributed by atoms with van der Waals surface area (Å²) >= 11 is 0. The van der Waals surface area contributed by atoms with Gasteiger partial charge in [-0.2, -0.15) is 5.10 Å². The van der Waals surface area contributed by atoms with E-state index < -0.39 is 17.8 Å². The maximum Gasteiger partial charge on any atom is 0.149 e. The Morgan fingerprint density at radius 3 is 2.57 bits per heavy atom. The molecule has 3 aromatic heterocycles. The van der Waals surface area contributed by atoms with E-state index in [1.807, 2.05) is 13.8 Å². The van der Waals surface area contributed by atoms with E-state index in [1.165, 1.54) is 0 Å². The first-order valence-electron chi connectivity index (χ1n) is 9.87. The molecule has 0 spiro atoms. The lowest BCUT2D eigenvalue weighted by atomic mass is 9.78. The Balaban J connectivity index is 1.52. The molecule has 0 bridgehead atoms. The first-order chi connectivity index (χ1) is 14.1. The minimum absolute atomic E-state index is 0.00520. The fourth-order valence-electron chi connectivity index (χ4n) is 4.22. The number of H-pyrrole nitrogens is 1. The second kappa shape index (κ2) is 7.32. The van der Waals surface area contributed by atoms with Crippen molar-refractivity contribution < 1.29 is 9.50 Å². The SMILES string of the molecule is CC1(C)C[C@H](Nc2ccc(-c3ncc(-c4cn[nH]c4)cc3O)nn2)[C@@H](F)C(C)(C)N1. The number of anilines is 1. The van der Waals surface area contributed by atoms with Gasteiger partial charge in [0.15, 0.2) is 0 Å². The molecule has 9 heteroatoms. The molecule has 1 fully saturated rings. The third kappa shape index (κ3) is 3.97. The zero-order chi connectivity index (χ0) is 21.5. The van der Waals surface area contributed by atoms with Gasteiger partial charge in [0.2, 0.25) is 0 Å². The van der Waals surface area contributed by atoms with Crippen molar-refractivity contribution in [3.8, 4) is 28.3 Å². The monoisotopic (exact) mass is 411 g/mol. The number of pyridine rings is 1. The van der Waals surface area contributed by atoms with E-state index in [4.69, 9.17) is 0 Å². The Hall–Kier alpha value is -3.07. The van der Waals surface area contributed by atoms with Gasteiger partial charge in [0.1, 0.15) is 29.1 Å². The van der Waals surface area contributed by atoms with Crippen molar-refractivity contribution in [1.29, 1.82) is 0 Å². The molecule has 3 aromatic rings. The van der Waals surface area contributed by atoms with Gasteiger partial charge in [-0.3, -0.25) is 5.10 Å². The van der Waals surface area contributed by atoms with Crippen LogP contribution in [0.2, 0.25) is 0 Å². The van der Waals surface area contributed by atoms with E-state index in [0.717, 1.165) is 11.1 Å². The average Bonchev–Trinajstić information content (AvgIpc) is 3.20. The molecule has 4 N–H and O–H groups in total. The van der Waals surface area contributed by atoms with E-state index in [-0.39, 0.29) is 11.3 Å². The number of nitrogens with one attached hydrogen (secondary N) is 3. The molecule has 1 aliphatic rings. The number of halogens is 1. The number of aromatic hydroxyl groups is 1. The summed E-state index contributed by atoms with van der Waals surface area (Å²) in [6.07, 6.45) is 4.53. The zero-order valence-electron chi connectivity index (χ0n) is 17.4. The number of alkyl halides is 1. The lowest BCUT2D eigenvalue weighted by Crippen LogP contribution is -2.67. The van der Waals surface area contributed by atoms with Crippen LogP contribution in [0.4, 0.5) is 10.2 Å². The Kier molecular flexibility index (Phi) is 4.93. The molecule has 1 aliphatic heterocycles. The van der Waals surface area contributed by atoms with Crippen LogP contribution in [0.3, 0.4) is 0 Å². The molecule has 0 unspecified atom stereocenters. The molecule has 30 heavy (non-hydrogen) atoms. The topological polar surface area (TPSA) is 112 Å². The van der Waals surface area contributed by atoms with E-state index in [1.54, 1.807) is 36.8 Å². The highest BCUT2D eigenvalue weighted by molar-refractivity contribution is 5.69. The van der Waals surface area contributed by atoms with Crippen molar-refractivity contribution >= 4 is 5.82 Å². The molecular formula is C21H26FN7O. The lowest BCUT2D eigenvalue weighted by molar-refractivity contribution is 0.0655. The van der Waals surface area contributed by atoms with Gasteiger partial charge >= 0.3 is 0 Å². The van der Waals surface area contributed by atoms with Gasteiger partial charge in [-0.15, -0.1) is 10.2 Å². The second-order valence-electron chi connectivity index (χ2n) is 8.97. The van der Waals surface area contributed by atoms with Gasteiger partial charge < -0.3 is 15.7 Å². The fraction of sp³-hybridized carbons (Fsp3) is 0.429. The van der Waals surface area contributed by atoms with Gasteiger partial charge in [0.05, 0.1) is 12.2 Å². The van der Waals surface area contributed by atoms with Crippen molar-refractivity contribution in [3.05, 3.63) is 36.8 Å². The summed E-state index contributed by atoms with van der Waals surface area (Å²) in [4.78, 5) is 4.32. The van der Waals surface area contributed by atoms with Crippen LogP contribution in [0.15, 0.2) is 36.8 Å². The van der Waals surface area contributed by atoms with Gasteiger partial charge in [0, 0.05) is 34.6 Å². The summed E-state index contributed by atoms with van der Waals surface area (Å²) < 4.78 is 15.0. The van der Waals surface area contributed by atoms with Gasteiger partial charge in [-0.05, 0) is 52.3 Å². The first kappa shape index (κ1) is 20.2. The fourth-order valence-corrected chi connectivity index (χ4v) is 4.22. The quantitative estimate of drug-likeness (QED) is 0.521. The Morgan fingerprint density at radius 1 is 1.13 bits per heavy atom. The normalized spacial score (nSPS) is 22.6. The molecule has 0 radical (unpaired) electrons. The summed E-state index contributed by atoms with van der Waals surface area (Å²) in [5.41, 5.74) is 1.46. The molecule has 2 atom stereocenters. The molecular weight excluding hydrogens is 385 g/mol. The molecule has 1 saturated heterocycles. The molecule has 0 amide bonds. The third-order valence-corrected chi connectivity index (χ3v) is 5.37.